The van der Waals surface area contributed by atoms with Gasteiger partial charge in [0.25, 0.3) is 0 Å². The molecule has 1 aromatic heterocycles. The second-order valence-corrected chi connectivity index (χ2v) is 6.01. The van der Waals surface area contributed by atoms with E-state index >= 15 is 0 Å². The molecular weight excluding hydrogens is 368 g/mol. The number of benzene rings is 1. The van der Waals surface area contributed by atoms with Gasteiger partial charge < -0.3 is 25.0 Å². The third-order valence-corrected chi connectivity index (χ3v) is 3.84. The van der Waals surface area contributed by atoms with Crippen LogP contribution in [0.15, 0.2) is 41.4 Å². The SMILES string of the molecule is CN=C(NCc1cccc(N(C)C)n1)NCc1cc(OC)ccc1OC(F)F. The minimum absolute atomic E-state index is 0.0825. The van der Waals surface area contributed by atoms with Crippen molar-refractivity contribution in [1.29, 1.82) is 0 Å². The Balaban J connectivity index is 2.01. The number of rotatable bonds is 8. The van der Waals surface area contributed by atoms with Gasteiger partial charge in [0.1, 0.15) is 17.3 Å². The van der Waals surface area contributed by atoms with Crippen LogP contribution >= 0.6 is 0 Å². The lowest BCUT2D eigenvalue weighted by atomic mass is 10.2. The van der Waals surface area contributed by atoms with E-state index in [4.69, 9.17) is 4.74 Å². The topological polar surface area (TPSA) is 71.0 Å². The van der Waals surface area contributed by atoms with Crippen molar-refractivity contribution < 1.29 is 18.3 Å². The van der Waals surface area contributed by atoms with Crippen LogP contribution in [0.1, 0.15) is 11.3 Å². The van der Waals surface area contributed by atoms with Crippen molar-refractivity contribution in [3.05, 3.63) is 47.7 Å². The second-order valence-electron chi connectivity index (χ2n) is 6.01. The second kappa shape index (κ2) is 10.3. The zero-order valence-electron chi connectivity index (χ0n) is 16.4. The Morgan fingerprint density at radius 3 is 2.57 bits per heavy atom. The third-order valence-electron chi connectivity index (χ3n) is 3.84. The molecule has 0 aliphatic carbocycles. The van der Waals surface area contributed by atoms with E-state index in [-0.39, 0.29) is 12.3 Å². The number of halogens is 2. The van der Waals surface area contributed by atoms with Gasteiger partial charge in [-0.05, 0) is 30.3 Å². The van der Waals surface area contributed by atoms with Crippen LogP contribution in [0, 0.1) is 0 Å². The first kappa shape index (κ1) is 21.2. The Morgan fingerprint density at radius 1 is 1.18 bits per heavy atom. The number of aromatic nitrogens is 1. The third kappa shape index (κ3) is 6.26. The average molecular weight is 393 g/mol. The predicted molar refractivity (Wildman–Crippen MR) is 105 cm³/mol. The van der Waals surface area contributed by atoms with Crippen molar-refractivity contribution in [2.75, 3.05) is 33.2 Å². The zero-order chi connectivity index (χ0) is 20.5. The molecule has 0 atom stereocenters. The molecule has 2 aromatic rings. The van der Waals surface area contributed by atoms with E-state index in [1.165, 1.54) is 13.2 Å². The van der Waals surface area contributed by atoms with Gasteiger partial charge in [0, 0.05) is 33.3 Å². The summed E-state index contributed by atoms with van der Waals surface area (Å²) in [5, 5.41) is 6.23. The van der Waals surface area contributed by atoms with Crippen molar-refractivity contribution in [2.45, 2.75) is 19.7 Å². The summed E-state index contributed by atoms with van der Waals surface area (Å²) in [6.07, 6.45) is 0. The molecule has 0 aliphatic heterocycles. The molecule has 28 heavy (non-hydrogen) atoms. The molecule has 1 heterocycles. The fourth-order valence-electron chi connectivity index (χ4n) is 2.42. The van der Waals surface area contributed by atoms with Crippen LogP contribution < -0.4 is 25.0 Å². The highest BCUT2D eigenvalue weighted by molar-refractivity contribution is 5.79. The van der Waals surface area contributed by atoms with Gasteiger partial charge in [-0.1, -0.05) is 6.07 Å². The molecule has 0 bridgehead atoms. The smallest absolute Gasteiger partial charge is 0.387 e. The Kier molecular flexibility index (Phi) is 7.79. The Hall–Kier alpha value is -3.10. The van der Waals surface area contributed by atoms with Crippen LogP contribution in [0.4, 0.5) is 14.6 Å². The molecule has 0 radical (unpaired) electrons. The van der Waals surface area contributed by atoms with Crippen LogP contribution in [0.25, 0.3) is 0 Å². The Labute approximate surface area is 163 Å². The first-order chi connectivity index (χ1) is 13.4. The molecule has 9 heteroatoms. The molecule has 0 fully saturated rings. The summed E-state index contributed by atoms with van der Waals surface area (Å²) in [5.41, 5.74) is 1.37. The van der Waals surface area contributed by atoms with Crippen molar-refractivity contribution >= 4 is 11.8 Å². The van der Waals surface area contributed by atoms with Crippen LogP contribution in [0.2, 0.25) is 0 Å². The molecular formula is C19H25F2N5O2. The summed E-state index contributed by atoms with van der Waals surface area (Å²) in [5.74, 6) is 1.99. The molecule has 0 unspecified atom stereocenters. The number of guanidine groups is 1. The summed E-state index contributed by atoms with van der Waals surface area (Å²) in [7, 11) is 6.98. The predicted octanol–water partition coefficient (Wildman–Crippen LogP) is 2.62. The van der Waals surface area contributed by atoms with E-state index in [2.05, 4.69) is 25.3 Å². The molecule has 7 nitrogen and oxygen atoms in total. The van der Waals surface area contributed by atoms with Crippen molar-refractivity contribution in [2.24, 2.45) is 4.99 Å². The Bertz CT molecular complexity index is 800. The number of ether oxygens (including phenoxy) is 2. The summed E-state index contributed by atoms with van der Waals surface area (Å²) >= 11 is 0. The summed E-state index contributed by atoms with van der Waals surface area (Å²) in [4.78, 5) is 10.6. The van der Waals surface area contributed by atoms with Crippen LogP contribution in [0.3, 0.4) is 0 Å². The number of alkyl halides is 2. The van der Waals surface area contributed by atoms with Gasteiger partial charge in [-0.2, -0.15) is 8.78 Å². The molecule has 0 amide bonds. The van der Waals surface area contributed by atoms with Gasteiger partial charge in [0.15, 0.2) is 5.96 Å². The zero-order valence-corrected chi connectivity index (χ0v) is 16.4. The first-order valence-electron chi connectivity index (χ1n) is 8.62. The monoisotopic (exact) mass is 393 g/mol. The summed E-state index contributed by atoms with van der Waals surface area (Å²) in [6.45, 7) is -2.22. The standard InChI is InChI=1S/C19H25F2N5O2/c1-22-19(24-12-14-6-5-7-17(25-14)26(2)3)23-11-13-10-15(27-4)8-9-16(13)28-18(20)21/h5-10,18H,11-12H2,1-4H3,(H2,22,23,24). The number of nitrogens with one attached hydrogen (secondary N) is 2. The number of anilines is 1. The molecule has 1 aromatic carbocycles. The first-order valence-corrected chi connectivity index (χ1v) is 8.62. The molecule has 0 spiro atoms. The van der Waals surface area contributed by atoms with Crippen molar-refractivity contribution in [3.8, 4) is 11.5 Å². The summed E-state index contributed by atoms with van der Waals surface area (Å²) < 4.78 is 35.0. The maximum absolute atomic E-state index is 12.6. The molecule has 152 valence electrons. The highest BCUT2D eigenvalue weighted by Crippen LogP contribution is 2.25. The van der Waals surface area contributed by atoms with Gasteiger partial charge in [0.05, 0.1) is 19.3 Å². The maximum Gasteiger partial charge on any atom is 0.387 e. The quantitative estimate of drug-likeness (QED) is 0.531. The largest absolute Gasteiger partial charge is 0.497 e. The van der Waals surface area contributed by atoms with Gasteiger partial charge in [-0.3, -0.25) is 4.99 Å². The molecule has 0 aliphatic rings. The number of methoxy groups -OCH3 is 1. The number of pyridine rings is 1. The fourth-order valence-corrected chi connectivity index (χ4v) is 2.42. The van der Waals surface area contributed by atoms with Gasteiger partial charge >= 0.3 is 6.61 Å². The highest BCUT2D eigenvalue weighted by Gasteiger charge is 2.12. The normalized spacial score (nSPS) is 11.3. The molecule has 0 saturated heterocycles. The molecule has 0 saturated carbocycles. The fraction of sp³-hybridized carbons (Fsp3) is 0.368. The van der Waals surface area contributed by atoms with E-state index in [1.807, 2.05) is 37.2 Å². The highest BCUT2D eigenvalue weighted by atomic mass is 19.3. The number of hydrogen-bond acceptors (Lipinski definition) is 5. The van der Waals surface area contributed by atoms with E-state index in [9.17, 15) is 8.78 Å². The summed E-state index contributed by atoms with van der Waals surface area (Å²) in [6, 6.07) is 10.4. The number of nitrogens with zero attached hydrogens (tertiary/aromatic N) is 3. The Morgan fingerprint density at radius 2 is 1.93 bits per heavy atom. The van der Waals surface area contributed by atoms with E-state index in [1.54, 1.807) is 19.2 Å². The van der Waals surface area contributed by atoms with Crippen molar-refractivity contribution in [3.63, 3.8) is 0 Å². The van der Waals surface area contributed by atoms with Crippen LogP contribution in [-0.2, 0) is 13.1 Å². The number of aliphatic imine (C=N–C) groups is 1. The van der Waals surface area contributed by atoms with Crippen LogP contribution in [-0.4, -0.2) is 45.8 Å². The molecule has 2 rings (SSSR count). The van der Waals surface area contributed by atoms with Crippen molar-refractivity contribution in [1.82, 2.24) is 15.6 Å². The number of hydrogen-bond donors (Lipinski definition) is 2. The van der Waals surface area contributed by atoms with E-state index in [0.29, 0.717) is 23.8 Å². The minimum atomic E-state index is -2.90. The lowest BCUT2D eigenvalue weighted by molar-refractivity contribution is -0.0504. The average Bonchev–Trinajstić information content (AvgIpc) is 2.68. The lowest BCUT2D eigenvalue weighted by Crippen LogP contribution is -2.36. The van der Waals surface area contributed by atoms with Crippen LogP contribution in [0.5, 0.6) is 11.5 Å². The van der Waals surface area contributed by atoms with Gasteiger partial charge in [-0.15, -0.1) is 0 Å². The van der Waals surface area contributed by atoms with Gasteiger partial charge in [0.2, 0.25) is 0 Å². The molecule has 2 N–H and O–H groups in total. The minimum Gasteiger partial charge on any atom is -0.497 e. The van der Waals surface area contributed by atoms with Gasteiger partial charge in [-0.25, -0.2) is 4.98 Å². The maximum atomic E-state index is 12.6. The van der Waals surface area contributed by atoms with E-state index < -0.39 is 6.61 Å². The lowest BCUT2D eigenvalue weighted by Gasteiger charge is -2.16. The van der Waals surface area contributed by atoms with E-state index in [0.717, 1.165) is 11.5 Å².